The van der Waals surface area contributed by atoms with Crippen LogP contribution in [0.5, 0.6) is 5.88 Å². The second-order valence-electron chi connectivity index (χ2n) is 7.24. The summed E-state index contributed by atoms with van der Waals surface area (Å²) in [6.45, 7) is 3.83. The van der Waals surface area contributed by atoms with Crippen molar-refractivity contribution < 1.29 is 9.53 Å². The number of nitrogens with one attached hydrogen (secondary N) is 3. The lowest BCUT2D eigenvalue weighted by molar-refractivity contribution is 0.247. The number of pyridine rings is 1. The summed E-state index contributed by atoms with van der Waals surface area (Å²) in [7, 11) is 3.63. The molecule has 146 valence electrons. The van der Waals surface area contributed by atoms with Crippen molar-refractivity contribution in [2.45, 2.75) is 18.9 Å². The van der Waals surface area contributed by atoms with E-state index >= 15 is 0 Å². The van der Waals surface area contributed by atoms with Gasteiger partial charge in [0, 0.05) is 31.3 Å². The van der Waals surface area contributed by atoms with Gasteiger partial charge in [-0.25, -0.2) is 9.78 Å². The van der Waals surface area contributed by atoms with Gasteiger partial charge in [-0.15, -0.1) is 5.10 Å². The van der Waals surface area contributed by atoms with Crippen LogP contribution in [0.2, 0.25) is 0 Å². The van der Waals surface area contributed by atoms with Gasteiger partial charge in [-0.2, -0.15) is 0 Å². The summed E-state index contributed by atoms with van der Waals surface area (Å²) in [6.07, 6.45) is 1.63. The summed E-state index contributed by atoms with van der Waals surface area (Å²) >= 11 is 0. The van der Waals surface area contributed by atoms with E-state index in [1.165, 1.54) is 11.1 Å². The van der Waals surface area contributed by atoms with Crippen LogP contribution >= 0.6 is 0 Å². The highest BCUT2D eigenvalue weighted by Crippen LogP contribution is 2.29. The van der Waals surface area contributed by atoms with Gasteiger partial charge in [-0.1, -0.05) is 24.3 Å². The minimum absolute atomic E-state index is 0.0297. The minimum atomic E-state index is -0.266. The van der Waals surface area contributed by atoms with E-state index in [-0.39, 0.29) is 18.0 Å². The predicted octanol–water partition coefficient (Wildman–Crippen LogP) is 2.49. The predicted molar refractivity (Wildman–Crippen MR) is 108 cm³/mol. The standard InChI is InChI=1S/C20H24N6O2/c1-12-6-4-5-7-13(12)15-10-26(2)11-17(15)22-20(27)23-18-8-16-14(9-21-18)19(28-3)25-24-16/h4-9,15,17H,10-11H2,1-3H3,(H,24,25)(H2,21,22,23,27)/t15-,17+/m1/s1. The molecule has 0 unspecified atom stereocenters. The molecule has 28 heavy (non-hydrogen) atoms. The number of carbonyl (C=O) groups excluding carboxylic acids is 1. The number of benzene rings is 1. The van der Waals surface area contributed by atoms with E-state index in [0.717, 1.165) is 24.0 Å². The third-order valence-corrected chi connectivity index (χ3v) is 5.25. The van der Waals surface area contributed by atoms with E-state index in [1.54, 1.807) is 19.4 Å². The zero-order valence-corrected chi connectivity index (χ0v) is 16.2. The summed E-state index contributed by atoms with van der Waals surface area (Å²) in [6, 6.07) is 9.85. The zero-order valence-electron chi connectivity index (χ0n) is 16.2. The van der Waals surface area contributed by atoms with Crippen molar-refractivity contribution in [3.63, 3.8) is 0 Å². The topological polar surface area (TPSA) is 95.2 Å². The Kier molecular flexibility index (Phi) is 4.87. The molecule has 0 bridgehead atoms. The summed E-state index contributed by atoms with van der Waals surface area (Å²) < 4.78 is 5.16. The second kappa shape index (κ2) is 7.47. The molecule has 2 atom stereocenters. The Morgan fingerprint density at radius 3 is 2.93 bits per heavy atom. The normalized spacial score (nSPS) is 19.7. The molecule has 0 spiro atoms. The van der Waals surface area contributed by atoms with Crippen molar-refractivity contribution >= 4 is 22.8 Å². The van der Waals surface area contributed by atoms with E-state index in [0.29, 0.717) is 11.7 Å². The van der Waals surface area contributed by atoms with Crippen LogP contribution in [0.15, 0.2) is 36.5 Å². The number of fused-ring (bicyclic) bond motifs is 1. The maximum atomic E-state index is 12.6. The number of likely N-dealkylation sites (N-methyl/N-ethyl adjacent to an activating group) is 1. The number of aromatic nitrogens is 3. The highest BCUT2D eigenvalue weighted by molar-refractivity contribution is 5.92. The smallest absolute Gasteiger partial charge is 0.320 e. The molecule has 8 heteroatoms. The number of H-pyrrole nitrogens is 1. The fourth-order valence-electron chi connectivity index (χ4n) is 3.90. The number of hydrogen-bond acceptors (Lipinski definition) is 5. The molecule has 2 aromatic heterocycles. The maximum absolute atomic E-state index is 12.6. The van der Waals surface area contributed by atoms with E-state index < -0.39 is 0 Å². The number of aryl methyl sites for hydroxylation is 1. The lowest BCUT2D eigenvalue weighted by Gasteiger charge is -2.22. The third-order valence-electron chi connectivity index (χ3n) is 5.25. The first kappa shape index (κ1) is 18.2. The van der Waals surface area contributed by atoms with E-state index in [2.05, 4.69) is 62.9 Å². The van der Waals surface area contributed by atoms with Gasteiger partial charge in [0.15, 0.2) is 0 Å². The Morgan fingerprint density at radius 1 is 1.32 bits per heavy atom. The van der Waals surface area contributed by atoms with E-state index in [1.807, 2.05) is 6.07 Å². The van der Waals surface area contributed by atoms with Crippen LogP contribution in [0.25, 0.3) is 10.9 Å². The number of aromatic amines is 1. The van der Waals surface area contributed by atoms with Crippen LogP contribution in [-0.4, -0.2) is 59.4 Å². The molecular weight excluding hydrogens is 356 g/mol. The molecule has 0 saturated carbocycles. The molecule has 3 aromatic rings. The summed E-state index contributed by atoms with van der Waals surface area (Å²) in [5.74, 6) is 1.19. The van der Waals surface area contributed by atoms with Gasteiger partial charge < -0.3 is 15.0 Å². The van der Waals surface area contributed by atoms with Crippen molar-refractivity contribution in [3.8, 4) is 5.88 Å². The number of anilines is 1. The van der Waals surface area contributed by atoms with Crippen LogP contribution in [0.4, 0.5) is 10.6 Å². The molecule has 3 N–H and O–H groups in total. The first-order valence-electron chi connectivity index (χ1n) is 9.25. The van der Waals surface area contributed by atoms with Crippen LogP contribution in [0.1, 0.15) is 17.0 Å². The Labute approximate surface area is 163 Å². The number of ether oxygens (including phenoxy) is 1. The molecule has 1 aliphatic rings. The first-order valence-corrected chi connectivity index (χ1v) is 9.25. The molecule has 1 aromatic carbocycles. The lowest BCUT2D eigenvalue weighted by atomic mass is 9.91. The van der Waals surface area contributed by atoms with Crippen molar-refractivity contribution in [2.24, 2.45) is 0 Å². The molecule has 4 rings (SSSR count). The van der Waals surface area contributed by atoms with Crippen LogP contribution in [-0.2, 0) is 0 Å². The van der Waals surface area contributed by atoms with Crippen molar-refractivity contribution in [3.05, 3.63) is 47.7 Å². The van der Waals surface area contributed by atoms with Crippen molar-refractivity contribution in [2.75, 3.05) is 32.6 Å². The fourth-order valence-corrected chi connectivity index (χ4v) is 3.90. The average Bonchev–Trinajstić information content (AvgIpc) is 3.24. The number of likely N-dealkylation sites (tertiary alicyclic amines) is 1. The summed E-state index contributed by atoms with van der Waals surface area (Å²) in [4.78, 5) is 19.1. The van der Waals surface area contributed by atoms with Crippen LogP contribution < -0.4 is 15.4 Å². The van der Waals surface area contributed by atoms with Gasteiger partial charge in [0.2, 0.25) is 5.88 Å². The molecule has 8 nitrogen and oxygen atoms in total. The molecule has 1 fully saturated rings. The van der Waals surface area contributed by atoms with Gasteiger partial charge in [0.1, 0.15) is 5.82 Å². The van der Waals surface area contributed by atoms with Gasteiger partial charge >= 0.3 is 6.03 Å². The number of rotatable bonds is 4. The molecular formula is C20H24N6O2. The third kappa shape index (κ3) is 3.50. The lowest BCUT2D eigenvalue weighted by Crippen LogP contribution is -2.42. The van der Waals surface area contributed by atoms with Gasteiger partial charge in [0.05, 0.1) is 24.1 Å². The molecule has 0 radical (unpaired) electrons. The van der Waals surface area contributed by atoms with Gasteiger partial charge in [0.25, 0.3) is 0 Å². The number of urea groups is 1. The van der Waals surface area contributed by atoms with E-state index in [4.69, 9.17) is 4.74 Å². The number of nitrogens with zero attached hydrogens (tertiary/aromatic N) is 3. The molecule has 3 heterocycles. The maximum Gasteiger partial charge on any atom is 0.320 e. The summed E-state index contributed by atoms with van der Waals surface area (Å²) in [5.41, 5.74) is 3.28. The highest BCUT2D eigenvalue weighted by atomic mass is 16.5. The number of hydrogen-bond donors (Lipinski definition) is 3. The Hall–Kier alpha value is -3.13. The second-order valence-corrected chi connectivity index (χ2v) is 7.24. The molecule has 1 aliphatic heterocycles. The number of amides is 2. The Morgan fingerprint density at radius 2 is 2.14 bits per heavy atom. The largest absolute Gasteiger partial charge is 0.479 e. The molecule has 2 amide bonds. The van der Waals surface area contributed by atoms with Gasteiger partial charge in [-0.3, -0.25) is 10.4 Å². The van der Waals surface area contributed by atoms with Crippen LogP contribution in [0.3, 0.4) is 0 Å². The minimum Gasteiger partial charge on any atom is -0.479 e. The zero-order chi connectivity index (χ0) is 19.7. The Bertz CT molecular complexity index is 1000. The molecule has 1 saturated heterocycles. The molecule has 0 aliphatic carbocycles. The number of carbonyl (C=O) groups is 1. The number of methoxy groups -OCH3 is 1. The quantitative estimate of drug-likeness (QED) is 0.646. The van der Waals surface area contributed by atoms with E-state index in [9.17, 15) is 4.79 Å². The van der Waals surface area contributed by atoms with Crippen molar-refractivity contribution in [1.29, 1.82) is 0 Å². The highest BCUT2D eigenvalue weighted by Gasteiger charge is 2.33. The first-order chi connectivity index (χ1) is 13.5. The summed E-state index contributed by atoms with van der Waals surface area (Å²) in [5, 5.41) is 13.6. The Balaban J connectivity index is 1.47. The SMILES string of the molecule is COc1n[nH]c2cc(NC(=O)N[C@H]3CN(C)C[C@@H]3c3ccccc3C)ncc12. The fraction of sp³-hybridized carbons (Fsp3) is 0.350. The average molecular weight is 380 g/mol. The monoisotopic (exact) mass is 380 g/mol. The van der Waals surface area contributed by atoms with Crippen LogP contribution in [0, 0.1) is 6.92 Å². The van der Waals surface area contributed by atoms with Crippen molar-refractivity contribution in [1.82, 2.24) is 25.4 Å². The van der Waals surface area contributed by atoms with Gasteiger partial charge in [-0.05, 0) is 25.1 Å².